The van der Waals surface area contributed by atoms with Gasteiger partial charge in [-0.05, 0) is 43.6 Å². The van der Waals surface area contributed by atoms with Crippen LogP contribution in [0.1, 0.15) is 38.7 Å². The number of nitrogens with one attached hydrogen (secondary N) is 2. The van der Waals surface area contributed by atoms with Gasteiger partial charge in [0, 0.05) is 24.8 Å². The van der Waals surface area contributed by atoms with Crippen molar-refractivity contribution in [2.45, 2.75) is 45.7 Å². The molecule has 120 valence electrons. The van der Waals surface area contributed by atoms with Crippen LogP contribution in [0.4, 0.5) is 0 Å². The van der Waals surface area contributed by atoms with Crippen LogP contribution in [0, 0.1) is 11.8 Å². The smallest absolute Gasteiger partial charge is 0.213 e. The van der Waals surface area contributed by atoms with E-state index in [1.54, 1.807) is 0 Å². The van der Waals surface area contributed by atoms with Gasteiger partial charge in [0.05, 0.1) is 13.2 Å². The fourth-order valence-corrected chi connectivity index (χ4v) is 2.27. The fraction of sp³-hybridized carbons (Fsp3) is 0.647. The second kappa shape index (κ2) is 6.99. The lowest BCUT2D eigenvalue weighted by molar-refractivity contribution is 0.288. The normalized spacial score (nSPS) is 24.0. The Morgan fingerprint density at radius 3 is 2.82 bits per heavy atom. The SMILES string of the molecule is CCNC(=NCc1ccc(OCC2CC2)nc1)NC1CC1C. The molecule has 1 heterocycles. The van der Waals surface area contributed by atoms with E-state index in [0.29, 0.717) is 12.6 Å². The monoisotopic (exact) mass is 302 g/mol. The molecular weight excluding hydrogens is 276 g/mol. The lowest BCUT2D eigenvalue weighted by Crippen LogP contribution is -2.39. The van der Waals surface area contributed by atoms with E-state index in [1.807, 2.05) is 18.3 Å². The maximum Gasteiger partial charge on any atom is 0.213 e. The quantitative estimate of drug-likeness (QED) is 0.599. The molecule has 2 aliphatic rings. The van der Waals surface area contributed by atoms with Crippen molar-refractivity contribution in [2.24, 2.45) is 16.8 Å². The number of hydrogen-bond donors (Lipinski definition) is 2. The minimum Gasteiger partial charge on any atom is -0.477 e. The van der Waals surface area contributed by atoms with E-state index in [2.05, 4.69) is 34.5 Å². The molecule has 2 N–H and O–H groups in total. The number of aromatic nitrogens is 1. The largest absolute Gasteiger partial charge is 0.477 e. The van der Waals surface area contributed by atoms with Crippen LogP contribution in [-0.2, 0) is 6.54 Å². The van der Waals surface area contributed by atoms with Crippen molar-refractivity contribution in [3.05, 3.63) is 23.9 Å². The molecule has 2 aliphatic carbocycles. The molecule has 0 aliphatic heterocycles. The minimum absolute atomic E-state index is 0.578. The zero-order chi connectivity index (χ0) is 15.4. The van der Waals surface area contributed by atoms with Gasteiger partial charge in [-0.15, -0.1) is 0 Å². The summed E-state index contributed by atoms with van der Waals surface area (Å²) < 4.78 is 5.65. The van der Waals surface area contributed by atoms with Crippen molar-refractivity contribution < 1.29 is 4.74 Å². The van der Waals surface area contributed by atoms with Crippen molar-refractivity contribution in [1.82, 2.24) is 15.6 Å². The van der Waals surface area contributed by atoms with Crippen LogP contribution < -0.4 is 15.4 Å². The molecule has 0 bridgehead atoms. The Bertz CT molecular complexity index is 510. The molecule has 5 nitrogen and oxygen atoms in total. The molecule has 0 radical (unpaired) electrons. The average molecular weight is 302 g/mol. The third kappa shape index (κ3) is 4.61. The zero-order valence-corrected chi connectivity index (χ0v) is 13.5. The summed E-state index contributed by atoms with van der Waals surface area (Å²) in [6.45, 7) is 6.65. The van der Waals surface area contributed by atoms with Crippen molar-refractivity contribution in [1.29, 1.82) is 0 Å². The zero-order valence-electron chi connectivity index (χ0n) is 13.5. The second-order valence-electron chi connectivity index (χ2n) is 6.42. The standard InChI is InChI=1S/C17H26N4O/c1-3-18-17(21-15-8-12(15)2)20-10-14-6-7-16(19-9-14)22-11-13-4-5-13/h6-7,9,12-13,15H,3-5,8,10-11H2,1-2H3,(H2,18,20,21). The number of pyridine rings is 1. The topological polar surface area (TPSA) is 58.5 Å². The summed E-state index contributed by atoms with van der Waals surface area (Å²) >= 11 is 0. The Morgan fingerprint density at radius 1 is 1.41 bits per heavy atom. The van der Waals surface area contributed by atoms with Gasteiger partial charge in [0.15, 0.2) is 5.96 Å². The summed E-state index contributed by atoms with van der Waals surface area (Å²) in [7, 11) is 0. The Balaban J connectivity index is 1.50. The highest BCUT2D eigenvalue weighted by atomic mass is 16.5. The van der Waals surface area contributed by atoms with Crippen LogP contribution in [0.25, 0.3) is 0 Å². The first kappa shape index (κ1) is 15.1. The van der Waals surface area contributed by atoms with Gasteiger partial charge < -0.3 is 15.4 Å². The lowest BCUT2D eigenvalue weighted by atomic mass is 10.3. The molecule has 1 aromatic heterocycles. The fourth-order valence-electron chi connectivity index (χ4n) is 2.27. The first-order valence-electron chi connectivity index (χ1n) is 8.37. The highest BCUT2D eigenvalue weighted by Crippen LogP contribution is 2.29. The predicted molar refractivity (Wildman–Crippen MR) is 88.0 cm³/mol. The van der Waals surface area contributed by atoms with Crippen molar-refractivity contribution in [2.75, 3.05) is 13.2 Å². The molecule has 0 saturated heterocycles. The molecule has 1 aromatic rings. The van der Waals surface area contributed by atoms with E-state index in [1.165, 1.54) is 19.3 Å². The molecule has 0 amide bonds. The number of guanidine groups is 1. The lowest BCUT2D eigenvalue weighted by Gasteiger charge is -2.10. The predicted octanol–water partition coefficient (Wildman–Crippen LogP) is 2.33. The maximum atomic E-state index is 5.65. The molecule has 2 unspecified atom stereocenters. The summed E-state index contributed by atoms with van der Waals surface area (Å²) in [4.78, 5) is 8.98. The van der Waals surface area contributed by atoms with Crippen LogP contribution in [0.3, 0.4) is 0 Å². The average Bonchev–Trinajstić information content (AvgIpc) is 3.43. The van der Waals surface area contributed by atoms with Gasteiger partial charge in [-0.2, -0.15) is 0 Å². The summed E-state index contributed by atoms with van der Waals surface area (Å²) in [6.07, 6.45) is 5.69. The molecule has 2 fully saturated rings. The first-order chi connectivity index (χ1) is 10.7. The Kier molecular flexibility index (Phi) is 4.80. The van der Waals surface area contributed by atoms with Crippen LogP contribution in [0.2, 0.25) is 0 Å². The highest BCUT2D eigenvalue weighted by Gasteiger charge is 2.33. The first-order valence-corrected chi connectivity index (χ1v) is 8.37. The van der Waals surface area contributed by atoms with E-state index in [9.17, 15) is 0 Å². The van der Waals surface area contributed by atoms with E-state index >= 15 is 0 Å². The molecule has 5 heteroatoms. The molecular formula is C17H26N4O. The summed E-state index contributed by atoms with van der Waals surface area (Å²) in [5.41, 5.74) is 1.10. The molecule has 3 rings (SSSR count). The van der Waals surface area contributed by atoms with Gasteiger partial charge in [0.1, 0.15) is 0 Å². The van der Waals surface area contributed by atoms with Gasteiger partial charge >= 0.3 is 0 Å². The van der Waals surface area contributed by atoms with Crippen molar-refractivity contribution in [3.63, 3.8) is 0 Å². The third-order valence-corrected chi connectivity index (χ3v) is 4.16. The number of aliphatic imine (C=N–C) groups is 1. The summed E-state index contributed by atoms with van der Waals surface area (Å²) in [6, 6.07) is 4.56. The number of nitrogens with zero attached hydrogens (tertiary/aromatic N) is 2. The van der Waals surface area contributed by atoms with Gasteiger partial charge in [0.25, 0.3) is 0 Å². The molecule has 0 aromatic carbocycles. The molecule has 2 atom stereocenters. The molecule has 0 spiro atoms. The van der Waals surface area contributed by atoms with E-state index in [4.69, 9.17) is 4.74 Å². The van der Waals surface area contributed by atoms with Gasteiger partial charge in [0.2, 0.25) is 5.88 Å². The number of ether oxygens (including phenoxy) is 1. The van der Waals surface area contributed by atoms with Gasteiger partial charge in [-0.3, -0.25) is 0 Å². The maximum absolute atomic E-state index is 5.65. The Morgan fingerprint density at radius 2 is 2.23 bits per heavy atom. The number of hydrogen-bond acceptors (Lipinski definition) is 3. The third-order valence-electron chi connectivity index (χ3n) is 4.16. The van der Waals surface area contributed by atoms with E-state index in [-0.39, 0.29) is 0 Å². The number of rotatable bonds is 7. The summed E-state index contributed by atoms with van der Waals surface area (Å²) in [5, 5.41) is 6.75. The minimum atomic E-state index is 0.578. The van der Waals surface area contributed by atoms with Gasteiger partial charge in [-0.1, -0.05) is 13.0 Å². The van der Waals surface area contributed by atoms with Crippen LogP contribution >= 0.6 is 0 Å². The summed E-state index contributed by atoms with van der Waals surface area (Å²) in [5.74, 6) is 3.13. The van der Waals surface area contributed by atoms with Crippen LogP contribution in [0.15, 0.2) is 23.3 Å². The molecule has 2 saturated carbocycles. The van der Waals surface area contributed by atoms with Crippen LogP contribution in [-0.4, -0.2) is 30.1 Å². The van der Waals surface area contributed by atoms with Crippen molar-refractivity contribution >= 4 is 5.96 Å². The van der Waals surface area contributed by atoms with E-state index in [0.717, 1.165) is 42.4 Å². The Labute approximate surface area is 132 Å². The van der Waals surface area contributed by atoms with Crippen LogP contribution in [0.5, 0.6) is 5.88 Å². The van der Waals surface area contributed by atoms with E-state index < -0.39 is 0 Å². The van der Waals surface area contributed by atoms with Gasteiger partial charge in [-0.25, -0.2) is 9.98 Å². The highest BCUT2D eigenvalue weighted by molar-refractivity contribution is 5.80. The molecule has 22 heavy (non-hydrogen) atoms. The second-order valence-corrected chi connectivity index (χ2v) is 6.42. The van der Waals surface area contributed by atoms with Crippen molar-refractivity contribution in [3.8, 4) is 5.88 Å². The Hall–Kier alpha value is -1.78.